The molecule has 0 saturated heterocycles. The maximum Gasteiger partial charge on any atom is 0.182 e. The van der Waals surface area contributed by atoms with E-state index in [0.29, 0.717) is 4.90 Å². The maximum atomic E-state index is 11.9. The third-order valence-electron chi connectivity index (χ3n) is 2.14. The number of aryl methyl sites for hydroxylation is 1. The van der Waals surface area contributed by atoms with Crippen LogP contribution in [-0.4, -0.2) is 14.2 Å². The second kappa shape index (κ2) is 4.62. The molecule has 0 amide bonds. The van der Waals surface area contributed by atoms with Gasteiger partial charge in [0, 0.05) is 0 Å². The molecule has 15 heavy (non-hydrogen) atoms. The first-order chi connectivity index (χ1) is 6.93. The predicted molar refractivity (Wildman–Crippen MR) is 62.7 cm³/mol. The normalized spacial score (nSPS) is 11.1. The Morgan fingerprint density at radius 2 is 1.87 bits per heavy atom. The van der Waals surface area contributed by atoms with E-state index in [1.807, 2.05) is 32.9 Å². The van der Waals surface area contributed by atoms with Gasteiger partial charge in [0.1, 0.15) is 0 Å². The number of sulfone groups is 1. The van der Waals surface area contributed by atoms with E-state index in [2.05, 4.69) is 0 Å². The van der Waals surface area contributed by atoms with E-state index in [0.717, 1.165) is 11.1 Å². The molecule has 0 unspecified atom stereocenters. The maximum absolute atomic E-state index is 11.9. The lowest BCUT2D eigenvalue weighted by Gasteiger charge is -2.05. The van der Waals surface area contributed by atoms with Crippen molar-refractivity contribution >= 4 is 9.84 Å². The summed E-state index contributed by atoms with van der Waals surface area (Å²) in [4.78, 5) is 0.433. The number of hydrogen-bond donors (Lipinski definition) is 0. The van der Waals surface area contributed by atoms with Crippen molar-refractivity contribution in [3.8, 4) is 0 Å². The summed E-state index contributed by atoms with van der Waals surface area (Å²) in [5.41, 5.74) is 1.83. The molecule has 0 atom stereocenters. The van der Waals surface area contributed by atoms with Gasteiger partial charge in [0.15, 0.2) is 9.84 Å². The highest BCUT2D eigenvalue weighted by Gasteiger charge is 2.14. The zero-order valence-electron chi connectivity index (χ0n) is 9.32. The van der Waals surface area contributed by atoms with Crippen LogP contribution < -0.4 is 0 Å². The average molecular weight is 224 g/mol. The quantitative estimate of drug-likeness (QED) is 0.740. The van der Waals surface area contributed by atoms with Gasteiger partial charge >= 0.3 is 0 Å². The van der Waals surface area contributed by atoms with Gasteiger partial charge in [0.2, 0.25) is 0 Å². The van der Waals surface area contributed by atoms with E-state index in [1.54, 1.807) is 18.2 Å². The summed E-state index contributed by atoms with van der Waals surface area (Å²) in [7, 11) is -3.16. The average Bonchev–Trinajstić information content (AvgIpc) is 2.15. The molecule has 1 rings (SSSR count). The van der Waals surface area contributed by atoms with Crippen molar-refractivity contribution < 1.29 is 8.42 Å². The lowest BCUT2D eigenvalue weighted by Crippen LogP contribution is -2.06. The molecule has 0 aliphatic heterocycles. The summed E-state index contributed by atoms with van der Waals surface area (Å²) in [5, 5.41) is 0. The number of hydrogen-bond acceptors (Lipinski definition) is 2. The SMILES string of the molecule is CC(C)=CCS(=O)(=O)c1ccccc1C. The minimum absolute atomic E-state index is 0.0835. The van der Waals surface area contributed by atoms with Crippen LogP contribution in [0.4, 0.5) is 0 Å². The van der Waals surface area contributed by atoms with E-state index in [9.17, 15) is 8.42 Å². The van der Waals surface area contributed by atoms with Gasteiger partial charge < -0.3 is 0 Å². The van der Waals surface area contributed by atoms with Gasteiger partial charge in [-0.25, -0.2) is 8.42 Å². The molecular weight excluding hydrogens is 208 g/mol. The van der Waals surface area contributed by atoms with E-state index < -0.39 is 9.84 Å². The van der Waals surface area contributed by atoms with Gasteiger partial charge in [-0.1, -0.05) is 29.8 Å². The summed E-state index contributed by atoms with van der Waals surface area (Å²) < 4.78 is 23.8. The highest BCUT2D eigenvalue weighted by Crippen LogP contribution is 2.16. The first-order valence-electron chi connectivity index (χ1n) is 4.85. The Morgan fingerprint density at radius 3 is 2.40 bits per heavy atom. The Morgan fingerprint density at radius 1 is 1.27 bits per heavy atom. The van der Waals surface area contributed by atoms with Crippen molar-refractivity contribution in [1.82, 2.24) is 0 Å². The summed E-state index contributed by atoms with van der Waals surface area (Å²) in [5.74, 6) is 0.0835. The number of allylic oxidation sites excluding steroid dienone is 1. The van der Waals surface area contributed by atoms with Crippen LogP contribution >= 0.6 is 0 Å². The largest absolute Gasteiger partial charge is 0.223 e. The molecule has 0 aliphatic carbocycles. The van der Waals surface area contributed by atoms with Crippen molar-refractivity contribution in [2.75, 3.05) is 5.75 Å². The summed E-state index contributed by atoms with van der Waals surface area (Å²) >= 11 is 0. The molecule has 3 heteroatoms. The van der Waals surface area contributed by atoms with Gasteiger partial charge in [-0.05, 0) is 32.4 Å². The van der Waals surface area contributed by atoms with Crippen molar-refractivity contribution in [3.05, 3.63) is 41.5 Å². The highest BCUT2D eigenvalue weighted by atomic mass is 32.2. The van der Waals surface area contributed by atoms with Gasteiger partial charge in [-0.15, -0.1) is 0 Å². The number of rotatable bonds is 3. The molecule has 0 aromatic heterocycles. The van der Waals surface area contributed by atoms with Crippen molar-refractivity contribution in [3.63, 3.8) is 0 Å². The van der Waals surface area contributed by atoms with Crippen molar-refractivity contribution in [1.29, 1.82) is 0 Å². The lowest BCUT2D eigenvalue weighted by molar-refractivity contribution is 0.598. The molecule has 1 aromatic carbocycles. The second-order valence-corrected chi connectivity index (χ2v) is 5.83. The highest BCUT2D eigenvalue weighted by molar-refractivity contribution is 7.91. The number of benzene rings is 1. The zero-order chi connectivity index (χ0) is 11.5. The van der Waals surface area contributed by atoms with Crippen LogP contribution in [0.1, 0.15) is 19.4 Å². The minimum atomic E-state index is -3.16. The molecule has 0 heterocycles. The monoisotopic (exact) mass is 224 g/mol. The topological polar surface area (TPSA) is 34.1 Å². The van der Waals surface area contributed by atoms with Crippen molar-refractivity contribution in [2.45, 2.75) is 25.7 Å². The first-order valence-corrected chi connectivity index (χ1v) is 6.50. The van der Waals surface area contributed by atoms with Crippen LogP contribution in [0.15, 0.2) is 40.8 Å². The molecule has 0 radical (unpaired) electrons. The Kier molecular flexibility index (Phi) is 3.69. The van der Waals surface area contributed by atoms with Crippen LogP contribution in [0.3, 0.4) is 0 Å². The van der Waals surface area contributed by atoms with Gasteiger partial charge in [0.25, 0.3) is 0 Å². The van der Waals surface area contributed by atoms with Crippen molar-refractivity contribution in [2.24, 2.45) is 0 Å². The minimum Gasteiger partial charge on any atom is -0.223 e. The summed E-state index contributed by atoms with van der Waals surface area (Å²) in [6, 6.07) is 7.07. The fourth-order valence-electron chi connectivity index (χ4n) is 1.27. The Hall–Kier alpha value is -1.09. The summed E-state index contributed by atoms with van der Waals surface area (Å²) in [6.45, 7) is 5.61. The van der Waals surface area contributed by atoms with Crippen LogP contribution in [0.25, 0.3) is 0 Å². The van der Waals surface area contributed by atoms with Gasteiger partial charge in [0.05, 0.1) is 10.6 Å². The zero-order valence-corrected chi connectivity index (χ0v) is 10.1. The Balaban J connectivity index is 3.08. The smallest absolute Gasteiger partial charge is 0.182 e. The predicted octanol–water partition coefficient (Wildman–Crippen LogP) is 2.73. The molecule has 0 saturated carbocycles. The molecule has 0 bridgehead atoms. The standard InChI is InChI=1S/C12H16O2S/c1-10(2)8-9-15(13,14)12-7-5-4-6-11(12)3/h4-8H,9H2,1-3H3. The van der Waals surface area contributed by atoms with E-state index in [-0.39, 0.29) is 5.75 Å². The fourth-order valence-corrected chi connectivity index (χ4v) is 2.85. The first kappa shape index (κ1) is 12.0. The molecule has 0 fully saturated rings. The van der Waals surface area contributed by atoms with Crippen LogP contribution in [0.2, 0.25) is 0 Å². The van der Waals surface area contributed by atoms with E-state index >= 15 is 0 Å². The molecular formula is C12H16O2S. The molecule has 1 aromatic rings. The molecule has 2 nitrogen and oxygen atoms in total. The third-order valence-corrected chi connectivity index (χ3v) is 3.87. The van der Waals surface area contributed by atoms with Gasteiger partial charge in [-0.3, -0.25) is 0 Å². The van der Waals surface area contributed by atoms with Crippen LogP contribution in [0, 0.1) is 6.92 Å². The van der Waals surface area contributed by atoms with E-state index in [1.165, 1.54) is 0 Å². The third kappa shape index (κ3) is 3.20. The Bertz CT molecular complexity index is 466. The van der Waals surface area contributed by atoms with Crippen LogP contribution in [0.5, 0.6) is 0 Å². The molecule has 0 N–H and O–H groups in total. The summed E-state index contributed by atoms with van der Waals surface area (Å²) in [6.07, 6.45) is 1.74. The molecule has 82 valence electrons. The molecule has 0 spiro atoms. The lowest BCUT2D eigenvalue weighted by atomic mass is 10.2. The molecule has 0 aliphatic rings. The van der Waals surface area contributed by atoms with Gasteiger partial charge in [-0.2, -0.15) is 0 Å². The van der Waals surface area contributed by atoms with E-state index in [4.69, 9.17) is 0 Å². The fraction of sp³-hybridized carbons (Fsp3) is 0.333. The van der Waals surface area contributed by atoms with Crippen LogP contribution in [-0.2, 0) is 9.84 Å². The second-order valence-electron chi connectivity index (χ2n) is 3.83. The Labute approximate surface area is 91.6 Å².